The zero-order valence-corrected chi connectivity index (χ0v) is 6.32. The highest BCUT2D eigenvalue weighted by Crippen LogP contribution is 2.06. The summed E-state index contributed by atoms with van der Waals surface area (Å²) < 4.78 is 0. The van der Waals surface area contributed by atoms with Gasteiger partial charge in [-0.1, -0.05) is 6.08 Å². The minimum atomic E-state index is -1.43. The standard InChI is InChI=1S/C7H12O4/c1-2-5(7(10)11)3-4-6(8)9/h2,6,8-9H,3-4H2,1H3,(H,10,11). The van der Waals surface area contributed by atoms with Gasteiger partial charge in [-0.15, -0.1) is 0 Å². The molecule has 0 bridgehead atoms. The smallest absolute Gasteiger partial charge is 0.331 e. The predicted molar refractivity (Wildman–Crippen MR) is 38.9 cm³/mol. The Bertz CT molecular complexity index is 160. The fourth-order valence-electron chi connectivity index (χ4n) is 0.659. The van der Waals surface area contributed by atoms with Gasteiger partial charge in [-0.25, -0.2) is 4.79 Å². The minimum absolute atomic E-state index is 0.0615. The molecule has 0 unspecified atom stereocenters. The molecule has 0 saturated heterocycles. The van der Waals surface area contributed by atoms with Crippen LogP contribution in [0.1, 0.15) is 19.8 Å². The van der Waals surface area contributed by atoms with Crippen LogP contribution < -0.4 is 0 Å². The normalized spacial score (nSPS) is 12.2. The molecule has 4 heteroatoms. The third kappa shape index (κ3) is 4.52. The summed E-state index contributed by atoms with van der Waals surface area (Å²) in [4.78, 5) is 10.3. The quantitative estimate of drug-likeness (QED) is 0.403. The third-order valence-corrected chi connectivity index (χ3v) is 1.30. The molecule has 0 fully saturated rings. The number of carboxylic acid groups (broad SMARTS) is 1. The lowest BCUT2D eigenvalue weighted by Gasteiger charge is -2.02. The second kappa shape index (κ2) is 4.87. The molecule has 11 heavy (non-hydrogen) atoms. The van der Waals surface area contributed by atoms with Crippen molar-refractivity contribution < 1.29 is 20.1 Å². The van der Waals surface area contributed by atoms with Gasteiger partial charge in [0.2, 0.25) is 0 Å². The van der Waals surface area contributed by atoms with Gasteiger partial charge in [-0.3, -0.25) is 0 Å². The van der Waals surface area contributed by atoms with Crippen molar-refractivity contribution in [3.8, 4) is 0 Å². The number of aliphatic hydroxyl groups excluding tert-OH is 1. The maximum Gasteiger partial charge on any atom is 0.331 e. The fraction of sp³-hybridized carbons (Fsp3) is 0.571. The van der Waals surface area contributed by atoms with Crippen molar-refractivity contribution in [1.29, 1.82) is 0 Å². The van der Waals surface area contributed by atoms with Crippen molar-refractivity contribution in [3.63, 3.8) is 0 Å². The molecular formula is C7H12O4. The van der Waals surface area contributed by atoms with Crippen molar-refractivity contribution in [3.05, 3.63) is 11.6 Å². The lowest BCUT2D eigenvalue weighted by atomic mass is 10.1. The molecule has 64 valence electrons. The van der Waals surface area contributed by atoms with Crippen molar-refractivity contribution in [2.75, 3.05) is 0 Å². The maximum absolute atomic E-state index is 10.3. The van der Waals surface area contributed by atoms with Crippen molar-refractivity contribution in [2.45, 2.75) is 26.1 Å². The third-order valence-electron chi connectivity index (χ3n) is 1.30. The molecule has 0 saturated carbocycles. The van der Waals surface area contributed by atoms with E-state index in [9.17, 15) is 4.79 Å². The number of aliphatic carboxylic acids is 1. The molecule has 3 N–H and O–H groups in total. The zero-order valence-electron chi connectivity index (χ0n) is 6.32. The monoisotopic (exact) mass is 160 g/mol. The number of hydrogen-bond acceptors (Lipinski definition) is 3. The molecule has 0 aromatic rings. The van der Waals surface area contributed by atoms with Crippen LogP contribution in [0.25, 0.3) is 0 Å². The maximum atomic E-state index is 10.3. The average molecular weight is 160 g/mol. The number of carboxylic acids is 1. The van der Waals surface area contributed by atoms with Crippen LogP contribution >= 0.6 is 0 Å². The van der Waals surface area contributed by atoms with Crippen molar-refractivity contribution in [2.24, 2.45) is 0 Å². The molecule has 0 aromatic carbocycles. The largest absolute Gasteiger partial charge is 0.478 e. The van der Waals surface area contributed by atoms with Gasteiger partial charge in [0.15, 0.2) is 6.29 Å². The van der Waals surface area contributed by atoms with E-state index in [0.29, 0.717) is 0 Å². The highest BCUT2D eigenvalue weighted by Gasteiger charge is 2.07. The van der Waals surface area contributed by atoms with E-state index in [-0.39, 0.29) is 18.4 Å². The topological polar surface area (TPSA) is 77.8 Å². The first-order valence-corrected chi connectivity index (χ1v) is 3.32. The highest BCUT2D eigenvalue weighted by molar-refractivity contribution is 5.86. The van der Waals surface area contributed by atoms with E-state index >= 15 is 0 Å². The van der Waals surface area contributed by atoms with Crippen LogP contribution in [-0.2, 0) is 4.79 Å². The first kappa shape index (κ1) is 10.1. The van der Waals surface area contributed by atoms with Gasteiger partial charge in [0.1, 0.15) is 0 Å². The molecule has 0 amide bonds. The van der Waals surface area contributed by atoms with Crippen LogP contribution in [0, 0.1) is 0 Å². The number of carbonyl (C=O) groups is 1. The van der Waals surface area contributed by atoms with Crippen LogP contribution in [0.3, 0.4) is 0 Å². The predicted octanol–water partition coefficient (Wildman–Crippen LogP) is 0.108. The van der Waals surface area contributed by atoms with Gasteiger partial charge in [-0.05, 0) is 13.3 Å². The molecule has 0 radical (unpaired) electrons. The molecular weight excluding hydrogens is 148 g/mol. The molecule has 0 spiro atoms. The van der Waals surface area contributed by atoms with Crippen molar-refractivity contribution in [1.82, 2.24) is 0 Å². The van der Waals surface area contributed by atoms with Crippen LogP contribution in [0.2, 0.25) is 0 Å². The highest BCUT2D eigenvalue weighted by atomic mass is 16.5. The van der Waals surface area contributed by atoms with Gasteiger partial charge in [0, 0.05) is 12.0 Å². The van der Waals surface area contributed by atoms with Gasteiger partial charge >= 0.3 is 5.97 Å². The second-order valence-electron chi connectivity index (χ2n) is 2.14. The summed E-state index contributed by atoms with van der Waals surface area (Å²) in [6.07, 6.45) is 0.268. The van der Waals surface area contributed by atoms with E-state index < -0.39 is 12.3 Å². The first-order valence-electron chi connectivity index (χ1n) is 3.32. The summed E-state index contributed by atoms with van der Waals surface area (Å²) in [6, 6.07) is 0. The van der Waals surface area contributed by atoms with E-state index in [2.05, 4.69) is 0 Å². The number of hydrogen-bond donors (Lipinski definition) is 3. The van der Waals surface area contributed by atoms with Crippen molar-refractivity contribution >= 4 is 5.97 Å². The molecule has 0 aromatic heterocycles. The Labute approximate surface area is 64.8 Å². The number of allylic oxidation sites excluding steroid dienone is 1. The Morgan fingerprint density at radius 3 is 2.36 bits per heavy atom. The zero-order chi connectivity index (χ0) is 8.85. The molecule has 0 aliphatic heterocycles. The minimum Gasteiger partial charge on any atom is -0.478 e. The molecule has 0 heterocycles. The van der Waals surface area contributed by atoms with E-state index in [1.807, 2.05) is 0 Å². The van der Waals surface area contributed by atoms with Crippen LogP contribution in [0.15, 0.2) is 11.6 Å². The Morgan fingerprint density at radius 2 is 2.09 bits per heavy atom. The summed E-state index contributed by atoms with van der Waals surface area (Å²) in [5, 5.41) is 25.3. The molecule has 0 aliphatic carbocycles. The van der Waals surface area contributed by atoms with Gasteiger partial charge in [-0.2, -0.15) is 0 Å². The van der Waals surface area contributed by atoms with E-state index in [1.165, 1.54) is 6.08 Å². The summed E-state index contributed by atoms with van der Waals surface area (Å²) >= 11 is 0. The Hall–Kier alpha value is -0.870. The van der Waals surface area contributed by atoms with Gasteiger partial charge < -0.3 is 15.3 Å². The second-order valence-corrected chi connectivity index (χ2v) is 2.14. The summed E-state index contributed by atoms with van der Waals surface area (Å²) in [7, 11) is 0. The van der Waals surface area contributed by atoms with Crippen LogP contribution in [0.4, 0.5) is 0 Å². The summed E-state index contributed by atoms with van der Waals surface area (Å²) in [5.74, 6) is -1.01. The molecule has 0 rings (SSSR count). The Kier molecular flexibility index (Phi) is 4.49. The fourth-order valence-corrected chi connectivity index (χ4v) is 0.659. The van der Waals surface area contributed by atoms with E-state index in [0.717, 1.165) is 0 Å². The number of rotatable bonds is 4. The van der Waals surface area contributed by atoms with Crippen LogP contribution in [0.5, 0.6) is 0 Å². The lowest BCUT2D eigenvalue weighted by molar-refractivity contribution is -0.133. The molecule has 4 nitrogen and oxygen atoms in total. The van der Waals surface area contributed by atoms with Gasteiger partial charge in [0.05, 0.1) is 0 Å². The summed E-state index contributed by atoms with van der Waals surface area (Å²) in [5.41, 5.74) is 0.207. The van der Waals surface area contributed by atoms with Crippen LogP contribution in [-0.4, -0.2) is 27.6 Å². The SMILES string of the molecule is CC=C(CCC(O)O)C(=O)O. The van der Waals surface area contributed by atoms with E-state index in [4.69, 9.17) is 15.3 Å². The Balaban J connectivity index is 3.82. The van der Waals surface area contributed by atoms with E-state index in [1.54, 1.807) is 6.92 Å². The Morgan fingerprint density at radius 1 is 1.55 bits per heavy atom. The lowest BCUT2D eigenvalue weighted by Crippen LogP contribution is -2.07. The average Bonchev–Trinajstić information content (AvgIpc) is 1.87. The molecule has 0 atom stereocenters. The first-order chi connectivity index (χ1) is 5.07. The van der Waals surface area contributed by atoms with Gasteiger partial charge in [0.25, 0.3) is 0 Å². The molecule has 0 aliphatic rings. The number of aliphatic hydroxyl groups is 2. The summed E-state index contributed by atoms with van der Waals surface area (Å²) in [6.45, 7) is 1.60.